The van der Waals surface area contributed by atoms with Crippen LogP contribution in [0.5, 0.6) is 0 Å². The fourth-order valence-electron chi connectivity index (χ4n) is 3.97. The van der Waals surface area contributed by atoms with Gasteiger partial charge in [0.1, 0.15) is 0 Å². The van der Waals surface area contributed by atoms with E-state index in [1.807, 2.05) is 13.0 Å². The predicted molar refractivity (Wildman–Crippen MR) is 106 cm³/mol. The van der Waals surface area contributed by atoms with Crippen LogP contribution in [0.25, 0.3) is 0 Å². The summed E-state index contributed by atoms with van der Waals surface area (Å²) in [6.45, 7) is 4.06. The summed E-state index contributed by atoms with van der Waals surface area (Å²) in [5, 5.41) is 20.8. The fourth-order valence-corrected chi connectivity index (χ4v) is 3.97. The first-order valence-electron chi connectivity index (χ1n) is 10.6. The van der Waals surface area contributed by atoms with Crippen molar-refractivity contribution in [3.63, 3.8) is 0 Å². The lowest BCUT2D eigenvalue weighted by molar-refractivity contribution is -0.140. The number of aliphatic hydroxyl groups excluding tert-OH is 1. The Morgan fingerprint density at radius 1 is 1.15 bits per heavy atom. The van der Waals surface area contributed by atoms with Crippen LogP contribution in [0.3, 0.4) is 0 Å². The number of allylic oxidation sites excluding steroid dienone is 1. The van der Waals surface area contributed by atoms with Gasteiger partial charge >= 0.3 is 5.97 Å². The zero-order valence-corrected chi connectivity index (χ0v) is 17.1. The molecular formula is C22H40O4. The highest BCUT2D eigenvalue weighted by Crippen LogP contribution is 2.37. The Balaban J connectivity index is 2.34. The van der Waals surface area contributed by atoms with E-state index in [0.29, 0.717) is 18.3 Å². The van der Waals surface area contributed by atoms with Crippen molar-refractivity contribution in [3.8, 4) is 0 Å². The van der Waals surface area contributed by atoms with E-state index in [9.17, 15) is 15.0 Å². The Labute approximate surface area is 160 Å². The monoisotopic (exact) mass is 368 g/mol. The summed E-state index contributed by atoms with van der Waals surface area (Å²) in [4.78, 5) is 11.1. The molecule has 26 heavy (non-hydrogen) atoms. The van der Waals surface area contributed by atoms with Crippen LogP contribution in [0.15, 0.2) is 12.2 Å². The number of esters is 1. The second kappa shape index (κ2) is 12.5. The molecule has 1 aliphatic carbocycles. The van der Waals surface area contributed by atoms with Gasteiger partial charge in [0, 0.05) is 6.42 Å². The standard InChI is InChI=1S/C22H40O4/c1-4-5-10-16-22(2,25)17-15-18-13-14-20(23)19(18)11-8-6-7-9-12-21(24)26-3/h15,17-20,23,25H,4-14,16H2,1-3H3/b17-15+. The molecule has 0 aromatic heterocycles. The average molecular weight is 369 g/mol. The van der Waals surface area contributed by atoms with E-state index in [1.165, 1.54) is 7.11 Å². The number of unbranched alkanes of at least 4 members (excludes halogenated alkanes) is 5. The van der Waals surface area contributed by atoms with Crippen molar-refractivity contribution in [3.05, 3.63) is 12.2 Å². The molecule has 0 saturated heterocycles. The third kappa shape index (κ3) is 9.18. The molecule has 0 aromatic carbocycles. The quantitative estimate of drug-likeness (QED) is 0.279. The van der Waals surface area contributed by atoms with Gasteiger partial charge in [-0.3, -0.25) is 4.79 Å². The van der Waals surface area contributed by atoms with Gasteiger partial charge in [0.15, 0.2) is 0 Å². The molecule has 1 aliphatic rings. The number of carbonyl (C=O) groups is 1. The minimum Gasteiger partial charge on any atom is -0.469 e. The van der Waals surface area contributed by atoms with Gasteiger partial charge in [-0.2, -0.15) is 0 Å². The van der Waals surface area contributed by atoms with Crippen molar-refractivity contribution in [2.45, 2.75) is 103 Å². The number of carbonyl (C=O) groups excluding carboxylic acids is 1. The van der Waals surface area contributed by atoms with Crippen LogP contribution in [-0.2, 0) is 9.53 Å². The van der Waals surface area contributed by atoms with Crippen LogP contribution < -0.4 is 0 Å². The molecule has 1 saturated carbocycles. The van der Waals surface area contributed by atoms with Crippen molar-refractivity contribution in [1.29, 1.82) is 0 Å². The second-order valence-corrected chi connectivity index (χ2v) is 8.17. The molecule has 0 aromatic rings. The smallest absolute Gasteiger partial charge is 0.305 e. The van der Waals surface area contributed by atoms with E-state index < -0.39 is 5.60 Å². The SMILES string of the molecule is CCCCCC(C)(O)/C=C/C1CCC(O)C1CCCCCCC(=O)OC. The second-order valence-electron chi connectivity index (χ2n) is 8.17. The summed E-state index contributed by atoms with van der Waals surface area (Å²) in [5.74, 6) is 0.545. The molecule has 2 N–H and O–H groups in total. The highest BCUT2D eigenvalue weighted by molar-refractivity contribution is 5.68. The Morgan fingerprint density at radius 3 is 2.58 bits per heavy atom. The lowest BCUT2D eigenvalue weighted by Gasteiger charge is -2.23. The van der Waals surface area contributed by atoms with Crippen LogP contribution in [-0.4, -0.2) is 35.0 Å². The van der Waals surface area contributed by atoms with E-state index in [1.54, 1.807) is 0 Å². The number of methoxy groups -OCH3 is 1. The summed E-state index contributed by atoms with van der Waals surface area (Å²) in [5.41, 5.74) is -0.735. The zero-order chi connectivity index (χ0) is 19.4. The van der Waals surface area contributed by atoms with E-state index in [2.05, 4.69) is 17.7 Å². The summed E-state index contributed by atoms with van der Waals surface area (Å²) in [7, 11) is 1.43. The van der Waals surface area contributed by atoms with E-state index in [4.69, 9.17) is 0 Å². The first-order valence-corrected chi connectivity index (χ1v) is 10.6. The Hall–Kier alpha value is -0.870. The zero-order valence-electron chi connectivity index (χ0n) is 17.1. The number of ether oxygens (including phenoxy) is 1. The molecule has 152 valence electrons. The minimum atomic E-state index is -0.735. The largest absolute Gasteiger partial charge is 0.469 e. The molecule has 4 nitrogen and oxygen atoms in total. The van der Waals surface area contributed by atoms with Gasteiger partial charge in [-0.05, 0) is 50.9 Å². The number of rotatable bonds is 13. The van der Waals surface area contributed by atoms with Gasteiger partial charge in [-0.15, -0.1) is 0 Å². The van der Waals surface area contributed by atoms with Crippen LogP contribution in [0.4, 0.5) is 0 Å². The van der Waals surface area contributed by atoms with Gasteiger partial charge in [-0.25, -0.2) is 0 Å². The topological polar surface area (TPSA) is 66.8 Å². The number of hydrogen-bond acceptors (Lipinski definition) is 4. The normalized spacial score (nSPS) is 25.5. The molecule has 4 unspecified atom stereocenters. The summed E-state index contributed by atoms with van der Waals surface area (Å²) in [6.07, 6.45) is 15.6. The molecule has 4 atom stereocenters. The highest BCUT2D eigenvalue weighted by atomic mass is 16.5. The molecule has 0 radical (unpaired) electrons. The van der Waals surface area contributed by atoms with Crippen LogP contribution in [0.1, 0.15) is 90.9 Å². The number of hydrogen-bond donors (Lipinski definition) is 2. The maximum absolute atomic E-state index is 11.1. The molecule has 4 heteroatoms. The van der Waals surface area contributed by atoms with E-state index in [-0.39, 0.29) is 12.1 Å². The van der Waals surface area contributed by atoms with Crippen molar-refractivity contribution in [2.24, 2.45) is 11.8 Å². The van der Waals surface area contributed by atoms with E-state index in [0.717, 1.165) is 70.6 Å². The highest BCUT2D eigenvalue weighted by Gasteiger charge is 2.33. The summed E-state index contributed by atoms with van der Waals surface area (Å²) < 4.78 is 4.65. The maximum Gasteiger partial charge on any atom is 0.305 e. The number of aliphatic hydroxyl groups is 2. The van der Waals surface area contributed by atoms with Gasteiger partial charge in [0.25, 0.3) is 0 Å². The van der Waals surface area contributed by atoms with Crippen molar-refractivity contribution in [1.82, 2.24) is 0 Å². The fraction of sp³-hybridized carbons (Fsp3) is 0.864. The molecule has 0 spiro atoms. The molecular weight excluding hydrogens is 328 g/mol. The third-order valence-electron chi connectivity index (χ3n) is 5.72. The molecule has 0 aliphatic heterocycles. The first-order chi connectivity index (χ1) is 12.4. The molecule has 0 bridgehead atoms. The summed E-state index contributed by atoms with van der Waals surface area (Å²) >= 11 is 0. The minimum absolute atomic E-state index is 0.132. The Kier molecular flexibility index (Phi) is 11.1. The van der Waals surface area contributed by atoms with Crippen LogP contribution in [0, 0.1) is 11.8 Å². The lowest BCUT2D eigenvalue weighted by Crippen LogP contribution is -2.22. The molecule has 1 rings (SSSR count). The van der Waals surface area contributed by atoms with Gasteiger partial charge in [0.05, 0.1) is 18.8 Å². The predicted octanol–water partition coefficient (Wildman–Crippen LogP) is 4.77. The van der Waals surface area contributed by atoms with Gasteiger partial charge in [0.2, 0.25) is 0 Å². The van der Waals surface area contributed by atoms with Crippen LogP contribution >= 0.6 is 0 Å². The first kappa shape index (κ1) is 23.2. The molecule has 0 amide bonds. The lowest BCUT2D eigenvalue weighted by atomic mass is 9.87. The van der Waals surface area contributed by atoms with Crippen molar-refractivity contribution < 1.29 is 19.7 Å². The van der Waals surface area contributed by atoms with Crippen LogP contribution in [0.2, 0.25) is 0 Å². The van der Waals surface area contributed by atoms with Crippen molar-refractivity contribution in [2.75, 3.05) is 7.11 Å². The molecule has 0 heterocycles. The van der Waals surface area contributed by atoms with Crippen molar-refractivity contribution >= 4 is 5.97 Å². The third-order valence-corrected chi connectivity index (χ3v) is 5.72. The molecule has 1 fully saturated rings. The summed E-state index contributed by atoms with van der Waals surface area (Å²) in [6, 6.07) is 0. The van der Waals surface area contributed by atoms with Gasteiger partial charge < -0.3 is 14.9 Å². The Morgan fingerprint density at radius 2 is 1.88 bits per heavy atom. The average Bonchev–Trinajstić information content (AvgIpc) is 2.96. The maximum atomic E-state index is 11.1. The van der Waals surface area contributed by atoms with Gasteiger partial charge in [-0.1, -0.05) is 57.6 Å². The Bertz CT molecular complexity index is 416. The van der Waals surface area contributed by atoms with E-state index >= 15 is 0 Å².